The molecule has 0 N–H and O–H groups in total. The zero-order valence-corrected chi connectivity index (χ0v) is 41.9. The van der Waals surface area contributed by atoms with E-state index in [0.717, 1.165) is 60.5 Å². The summed E-state index contributed by atoms with van der Waals surface area (Å²) in [5.41, 5.74) is 23.0. The molecule has 5 aliphatic rings. The van der Waals surface area contributed by atoms with E-state index in [-0.39, 0.29) is 44.6 Å². The van der Waals surface area contributed by atoms with Gasteiger partial charge in [0.15, 0.2) is 0 Å². The molecule has 328 valence electrons. The highest BCUT2D eigenvalue weighted by atomic mass is 15.2. The van der Waals surface area contributed by atoms with Gasteiger partial charge in [0, 0.05) is 38.2 Å². The van der Waals surface area contributed by atoms with Crippen LogP contribution in [-0.4, -0.2) is 6.71 Å². The van der Waals surface area contributed by atoms with Gasteiger partial charge in [-0.3, -0.25) is 0 Å². The van der Waals surface area contributed by atoms with Crippen molar-refractivity contribution in [2.45, 2.75) is 195 Å². The Hall–Kier alpha value is -4.24. The lowest BCUT2D eigenvalue weighted by atomic mass is 9.33. The van der Waals surface area contributed by atoms with Crippen LogP contribution in [0.25, 0.3) is 0 Å². The number of rotatable bonds is 2. The molecule has 3 aliphatic carbocycles. The summed E-state index contributed by atoms with van der Waals surface area (Å²) in [6.45, 7) is 38.1. The largest absolute Gasteiger partial charge is 0.311 e. The minimum atomic E-state index is -2.34. The third-order valence-electron chi connectivity index (χ3n) is 17.3. The van der Waals surface area contributed by atoms with E-state index in [9.17, 15) is 4.11 Å². The number of hydrogen-bond donors (Lipinski definition) is 0. The summed E-state index contributed by atoms with van der Waals surface area (Å²) >= 11 is 0. The monoisotopic (exact) mass is 838 g/mol. The topological polar surface area (TPSA) is 6.48 Å². The van der Waals surface area contributed by atoms with Crippen molar-refractivity contribution in [1.29, 1.82) is 0 Å². The average molecular weight is 838 g/mol. The second-order valence-corrected chi connectivity index (χ2v) is 25.8. The number of hydrogen-bond acceptors (Lipinski definition) is 2. The van der Waals surface area contributed by atoms with Gasteiger partial charge in [-0.2, -0.15) is 0 Å². The maximum Gasteiger partial charge on any atom is 0.252 e. The first kappa shape index (κ1) is 39.2. The van der Waals surface area contributed by atoms with Crippen LogP contribution in [0.5, 0.6) is 0 Å². The lowest BCUT2D eigenvalue weighted by Gasteiger charge is -2.48. The highest BCUT2D eigenvalue weighted by Crippen LogP contribution is 2.56. The number of anilines is 6. The minimum absolute atomic E-state index is 0.00197. The van der Waals surface area contributed by atoms with E-state index in [4.69, 9.17) is 0 Å². The van der Waals surface area contributed by atoms with Crippen LogP contribution in [0.2, 0.25) is 0 Å². The van der Waals surface area contributed by atoms with Crippen LogP contribution in [0.15, 0.2) is 66.7 Å². The van der Waals surface area contributed by atoms with E-state index >= 15 is 0 Å². The SMILES string of the molecule is [2H]C([2H])([2H])c1cc2c3c(c1)N(c1ccc4c(c1C)C(C)(C)CC4(C)C)c1cc(C(C)(C)C)ccc1B3c1cc3c(cc1N2c1cc2c(cc1C)C(C)(C)CCC2(C)C)C(C)(C)CCC3(C)C. The fourth-order valence-electron chi connectivity index (χ4n) is 13.7. The molecule has 3 heteroatoms. The molecule has 5 aromatic carbocycles. The third-order valence-corrected chi connectivity index (χ3v) is 17.3. The van der Waals surface area contributed by atoms with Gasteiger partial charge in [0.05, 0.1) is 0 Å². The van der Waals surface area contributed by atoms with Crippen molar-refractivity contribution >= 4 is 57.2 Å². The molecule has 2 heterocycles. The van der Waals surface area contributed by atoms with Gasteiger partial charge in [-0.05, 0) is 199 Å². The summed E-state index contributed by atoms with van der Waals surface area (Å²) in [5.74, 6) is 0. The predicted molar refractivity (Wildman–Crippen MR) is 275 cm³/mol. The van der Waals surface area contributed by atoms with Crippen LogP contribution in [0.3, 0.4) is 0 Å². The fourth-order valence-corrected chi connectivity index (χ4v) is 13.7. The molecule has 0 radical (unpaired) electrons. The predicted octanol–water partition coefficient (Wildman–Crippen LogP) is 14.6. The van der Waals surface area contributed by atoms with E-state index in [2.05, 4.69) is 188 Å². The fraction of sp³-hybridized carbons (Fsp3) is 0.500. The first-order chi connectivity index (χ1) is 30.3. The summed E-state index contributed by atoms with van der Waals surface area (Å²) < 4.78 is 27.6. The van der Waals surface area contributed by atoms with Gasteiger partial charge >= 0.3 is 0 Å². The number of fused-ring (bicyclic) bond motifs is 7. The lowest BCUT2D eigenvalue weighted by molar-refractivity contribution is 0.331. The van der Waals surface area contributed by atoms with Gasteiger partial charge in [-0.1, -0.05) is 134 Å². The molecule has 63 heavy (non-hydrogen) atoms. The van der Waals surface area contributed by atoms with Gasteiger partial charge in [0.1, 0.15) is 0 Å². The number of benzene rings is 5. The zero-order chi connectivity index (χ0) is 48.0. The Bertz CT molecular complexity index is 2920. The molecular weight excluding hydrogens is 759 g/mol. The third kappa shape index (κ3) is 6.09. The average Bonchev–Trinajstić information content (AvgIpc) is 3.40. The molecule has 0 atom stereocenters. The van der Waals surface area contributed by atoms with E-state index in [1.165, 1.54) is 72.1 Å². The summed E-state index contributed by atoms with van der Waals surface area (Å²) in [7, 11) is 0. The Balaban J connectivity index is 1.38. The van der Waals surface area contributed by atoms with Gasteiger partial charge in [0.2, 0.25) is 0 Å². The molecule has 10 rings (SSSR count). The Morgan fingerprint density at radius 1 is 0.492 bits per heavy atom. The molecule has 5 aromatic rings. The maximum absolute atomic E-state index is 9.19. The molecule has 0 amide bonds. The Labute approximate surface area is 386 Å². The second-order valence-electron chi connectivity index (χ2n) is 25.8. The van der Waals surface area contributed by atoms with Crippen LogP contribution < -0.4 is 26.2 Å². The van der Waals surface area contributed by atoms with Crippen LogP contribution in [-0.2, 0) is 37.9 Å². The van der Waals surface area contributed by atoms with Crippen molar-refractivity contribution in [1.82, 2.24) is 0 Å². The van der Waals surface area contributed by atoms with Gasteiger partial charge in [-0.15, -0.1) is 0 Å². The summed E-state index contributed by atoms with van der Waals surface area (Å²) in [6, 6.07) is 26.2. The smallest absolute Gasteiger partial charge is 0.252 e. The standard InChI is InChI=1S/C60H75BN2/c1-35-27-50-53-51(28-35)63(47-32-42-40(29-36(47)2)55(7,8)23-25-57(42,11)12)49-33-43-41(56(9,10)24-26-58(43,13)14)31-45(49)61(53)44-21-19-38(54(4,5)6)30-48(44)62(50)46-22-20-39-52(37(46)3)60(17,18)34-59(39,15)16/h19-22,27-33H,23-26,34H2,1-18H3/i1D3. The second kappa shape index (κ2) is 13.0. The molecule has 0 saturated carbocycles. The molecular formula is C60H75BN2. The van der Waals surface area contributed by atoms with Crippen molar-refractivity contribution < 1.29 is 4.11 Å². The molecule has 0 spiro atoms. The first-order valence-corrected chi connectivity index (χ1v) is 24.2. The summed E-state index contributed by atoms with van der Waals surface area (Å²) in [6.07, 6.45) is 5.58. The van der Waals surface area contributed by atoms with E-state index in [0.29, 0.717) is 5.56 Å². The van der Waals surface area contributed by atoms with E-state index in [1.54, 1.807) is 0 Å². The normalized spacial score (nSPS) is 22.1. The Morgan fingerprint density at radius 2 is 1.00 bits per heavy atom. The molecule has 2 aliphatic heterocycles. The molecule has 0 saturated heterocycles. The van der Waals surface area contributed by atoms with Crippen molar-refractivity contribution in [2.75, 3.05) is 9.80 Å². The van der Waals surface area contributed by atoms with Crippen molar-refractivity contribution in [3.63, 3.8) is 0 Å². The highest BCUT2D eigenvalue weighted by molar-refractivity contribution is 7.00. The molecule has 0 unspecified atom stereocenters. The summed E-state index contributed by atoms with van der Waals surface area (Å²) in [5, 5.41) is 0. The van der Waals surface area contributed by atoms with Gasteiger partial charge in [0.25, 0.3) is 6.71 Å². The molecule has 0 fully saturated rings. The van der Waals surface area contributed by atoms with Crippen LogP contribution in [0.4, 0.5) is 34.1 Å². The summed E-state index contributed by atoms with van der Waals surface area (Å²) in [4.78, 5) is 5.02. The molecule has 0 aromatic heterocycles. The van der Waals surface area contributed by atoms with Crippen molar-refractivity contribution in [3.8, 4) is 0 Å². The highest BCUT2D eigenvalue weighted by Gasteiger charge is 2.49. The van der Waals surface area contributed by atoms with Gasteiger partial charge < -0.3 is 9.80 Å². The van der Waals surface area contributed by atoms with Crippen LogP contribution in [0, 0.1) is 20.7 Å². The Kier molecular flexibility index (Phi) is 8.07. The van der Waals surface area contributed by atoms with Crippen molar-refractivity contribution in [3.05, 3.63) is 122 Å². The Morgan fingerprint density at radius 3 is 1.56 bits per heavy atom. The molecule has 2 nitrogen and oxygen atoms in total. The lowest BCUT2D eigenvalue weighted by Crippen LogP contribution is -2.62. The van der Waals surface area contributed by atoms with Crippen LogP contribution in [0.1, 0.15) is 196 Å². The first-order valence-electron chi connectivity index (χ1n) is 25.7. The zero-order valence-electron chi connectivity index (χ0n) is 44.9. The minimum Gasteiger partial charge on any atom is -0.311 e. The van der Waals surface area contributed by atoms with Gasteiger partial charge in [-0.25, -0.2) is 0 Å². The van der Waals surface area contributed by atoms with E-state index in [1.807, 2.05) is 6.07 Å². The van der Waals surface area contributed by atoms with Crippen LogP contribution >= 0.6 is 0 Å². The number of nitrogens with zero attached hydrogens (tertiary/aromatic N) is 2. The molecule has 0 bridgehead atoms. The van der Waals surface area contributed by atoms with Crippen molar-refractivity contribution in [2.24, 2.45) is 0 Å². The number of aryl methyl sites for hydroxylation is 2. The van der Waals surface area contributed by atoms with E-state index < -0.39 is 6.85 Å². The maximum atomic E-state index is 9.19. The quantitative estimate of drug-likeness (QED) is 0.160.